The summed E-state index contributed by atoms with van der Waals surface area (Å²) in [6.07, 6.45) is -0.762. The van der Waals surface area contributed by atoms with Crippen LogP contribution in [0.5, 0.6) is 0 Å². The van der Waals surface area contributed by atoms with Crippen molar-refractivity contribution in [1.82, 2.24) is 4.90 Å². The average molecular weight is 199 g/mol. The molecule has 82 valence electrons. The predicted molar refractivity (Wildman–Crippen MR) is 56.5 cm³/mol. The molecular weight excluding hydrogens is 178 g/mol. The fourth-order valence-electron chi connectivity index (χ4n) is 2.43. The SMILES string of the molecule is CCN1C(C)=C(C(C)C)C(O)C1(C)O. The van der Waals surface area contributed by atoms with Crippen molar-refractivity contribution in [3.63, 3.8) is 0 Å². The summed E-state index contributed by atoms with van der Waals surface area (Å²) in [4.78, 5) is 1.85. The molecule has 0 aliphatic carbocycles. The molecule has 0 amide bonds. The van der Waals surface area contributed by atoms with Gasteiger partial charge in [-0.3, -0.25) is 0 Å². The number of nitrogens with zero attached hydrogens (tertiary/aromatic N) is 1. The molecule has 2 N–H and O–H groups in total. The zero-order valence-corrected chi connectivity index (χ0v) is 9.70. The van der Waals surface area contributed by atoms with Gasteiger partial charge in [0.15, 0.2) is 5.72 Å². The highest BCUT2D eigenvalue weighted by Gasteiger charge is 2.46. The van der Waals surface area contributed by atoms with Crippen molar-refractivity contribution < 1.29 is 10.2 Å². The van der Waals surface area contributed by atoms with Crippen LogP contribution in [0, 0.1) is 5.92 Å². The summed E-state index contributed by atoms with van der Waals surface area (Å²) in [5.74, 6) is 0.271. The first kappa shape index (κ1) is 11.5. The Morgan fingerprint density at radius 1 is 1.50 bits per heavy atom. The third kappa shape index (κ3) is 1.44. The van der Waals surface area contributed by atoms with Crippen LogP contribution in [0.3, 0.4) is 0 Å². The highest BCUT2D eigenvalue weighted by Crippen LogP contribution is 2.38. The van der Waals surface area contributed by atoms with Crippen molar-refractivity contribution >= 4 is 0 Å². The number of rotatable bonds is 2. The van der Waals surface area contributed by atoms with Gasteiger partial charge in [-0.1, -0.05) is 13.8 Å². The number of allylic oxidation sites excluding steroid dienone is 1. The van der Waals surface area contributed by atoms with Crippen molar-refractivity contribution in [3.05, 3.63) is 11.3 Å². The minimum Gasteiger partial charge on any atom is -0.384 e. The van der Waals surface area contributed by atoms with E-state index in [0.717, 1.165) is 11.3 Å². The molecule has 0 bridgehead atoms. The van der Waals surface area contributed by atoms with Gasteiger partial charge >= 0.3 is 0 Å². The average Bonchev–Trinajstić information content (AvgIpc) is 2.19. The Kier molecular flexibility index (Phi) is 2.93. The molecule has 0 aromatic rings. The quantitative estimate of drug-likeness (QED) is 0.705. The highest BCUT2D eigenvalue weighted by molar-refractivity contribution is 5.28. The molecule has 3 heteroatoms. The summed E-state index contributed by atoms with van der Waals surface area (Å²) in [6, 6.07) is 0. The van der Waals surface area contributed by atoms with Crippen LogP contribution in [-0.4, -0.2) is 33.5 Å². The maximum Gasteiger partial charge on any atom is 0.165 e. The molecule has 0 aromatic heterocycles. The fourth-order valence-corrected chi connectivity index (χ4v) is 2.43. The van der Waals surface area contributed by atoms with Gasteiger partial charge in [0.05, 0.1) is 0 Å². The van der Waals surface area contributed by atoms with E-state index in [0.29, 0.717) is 6.54 Å². The molecule has 0 fully saturated rings. The Hall–Kier alpha value is -0.540. The summed E-state index contributed by atoms with van der Waals surface area (Å²) in [6.45, 7) is 10.4. The molecule has 2 atom stereocenters. The molecule has 1 aliphatic heterocycles. The first-order valence-electron chi connectivity index (χ1n) is 5.22. The van der Waals surface area contributed by atoms with Crippen molar-refractivity contribution in [3.8, 4) is 0 Å². The smallest absolute Gasteiger partial charge is 0.165 e. The molecule has 0 aromatic carbocycles. The van der Waals surface area contributed by atoms with Gasteiger partial charge in [-0.2, -0.15) is 0 Å². The van der Waals surface area contributed by atoms with Crippen molar-refractivity contribution in [2.24, 2.45) is 5.92 Å². The van der Waals surface area contributed by atoms with Crippen molar-refractivity contribution in [1.29, 1.82) is 0 Å². The van der Waals surface area contributed by atoms with E-state index in [4.69, 9.17) is 0 Å². The summed E-state index contributed by atoms with van der Waals surface area (Å²) in [5.41, 5.74) is 0.829. The molecule has 14 heavy (non-hydrogen) atoms. The van der Waals surface area contributed by atoms with Crippen LogP contribution in [0.15, 0.2) is 11.3 Å². The zero-order chi connectivity index (χ0) is 11.1. The number of likely N-dealkylation sites (N-methyl/N-ethyl adjacent to an activating group) is 1. The number of hydrogen-bond donors (Lipinski definition) is 2. The second kappa shape index (κ2) is 3.55. The third-order valence-electron chi connectivity index (χ3n) is 3.12. The van der Waals surface area contributed by atoms with Crippen molar-refractivity contribution in [2.45, 2.75) is 46.4 Å². The molecule has 3 nitrogen and oxygen atoms in total. The lowest BCUT2D eigenvalue weighted by Crippen LogP contribution is -2.49. The van der Waals surface area contributed by atoms with E-state index in [-0.39, 0.29) is 5.92 Å². The molecule has 0 saturated heterocycles. The highest BCUT2D eigenvalue weighted by atomic mass is 16.4. The van der Waals surface area contributed by atoms with E-state index >= 15 is 0 Å². The van der Waals surface area contributed by atoms with Gasteiger partial charge in [0.25, 0.3) is 0 Å². The van der Waals surface area contributed by atoms with Gasteiger partial charge in [-0.05, 0) is 32.3 Å². The maximum atomic E-state index is 10.1. The molecule has 2 unspecified atom stereocenters. The molecule has 1 rings (SSSR count). The van der Waals surface area contributed by atoms with Crippen molar-refractivity contribution in [2.75, 3.05) is 6.54 Å². The van der Waals surface area contributed by atoms with E-state index in [2.05, 4.69) is 0 Å². The van der Waals surface area contributed by atoms with E-state index < -0.39 is 11.8 Å². The summed E-state index contributed by atoms with van der Waals surface area (Å²) in [5, 5.41) is 20.2. The van der Waals surface area contributed by atoms with Crippen LogP contribution < -0.4 is 0 Å². The largest absolute Gasteiger partial charge is 0.384 e. The van der Waals surface area contributed by atoms with Gasteiger partial charge in [0.2, 0.25) is 0 Å². The summed E-state index contributed by atoms with van der Waals surface area (Å²) >= 11 is 0. The van der Waals surface area contributed by atoms with E-state index in [1.807, 2.05) is 32.6 Å². The Morgan fingerprint density at radius 3 is 2.21 bits per heavy atom. The second-order valence-electron chi connectivity index (χ2n) is 4.44. The monoisotopic (exact) mass is 199 g/mol. The van der Waals surface area contributed by atoms with Gasteiger partial charge in [0.1, 0.15) is 6.10 Å². The van der Waals surface area contributed by atoms with Crippen LogP contribution in [0.4, 0.5) is 0 Å². The molecule has 0 spiro atoms. The number of aliphatic hydroxyl groups is 2. The molecule has 1 heterocycles. The number of hydrogen-bond acceptors (Lipinski definition) is 3. The Bertz CT molecular complexity index is 256. The predicted octanol–water partition coefficient (Wildman–Crippen LogP) is 1.32. The van der Waals surface area contributed by atoms with Gasteiger partial charge in [0, 0.05) is 12.2 Å². The first-order chi connectivity index (χ1) is 6.34. The van der Waals surface area contributed by atoms with Crippen LogP contribution in [0.2, 0.25) is 0 Å². The molecule has 0 saturated carbocycles. The zero-order valence-electron chi connectivity index (χ0n) is 9.70. The van der Waals surface area contributed by atoms with Crippen LogP contribution >= 0.6 is 0 Å². The van der Waals surface area contributed by atoms with Crippen LogP contribution in [0.1, 0.15) is 34.6 Å². The van der Waals surface area contributed by atoms with Gasteiger partial charge < -0.3 is 15.1 Å². The summed E-state index contributed by atoms with van der Waals surface area (Å²) in [7, 11) is 0. The second-order valence-corrected chi connectivity index (χ2v) is 4.44. The number of aliphatic hydroxyl groups excluding tert-OH is 1. The lowest BCUT2D eigenvalue weighted by Gasteiger charge is -2.34. The third-order valence-corrected chi connectivity index (χ3v) is 3.12. The maximum absolute atomic E-state index is 10.1. The molecule has 1 aliphatic rings. The topological polar surface area (TPSA) is 43.7 Å². The fraction of sp³-hybridized carbons (Fsp3) is 0.818. The Morgan fingerprint density at radius 2 is 2.00 bits per heavy atom. The Labute approximate surface area is 86.0 Å². The van der Waals surface area contributed by atoms with E-state index in [1.54, 1.807) is 6.92 Å². The standard InChI is InChI=1S/C11H21NO2/c1-6-12-8(4)9(7(2)3)10(13)11(12,5)14/h7,10,13-14H,6H2,1-5H3. The van der Waals surface area contributed by atoms with E-state index in [1.165, 1.54) is 0 Å². The summed E-state index contributed by atoms with van der Waals surface area (Å²) < 4.78 is 0. The lowest BCUT2D eigenvalue weighted by molar-refractivity contribution is -0.122. The molecular formula is C11H21NO2. The molecule has 0 radical (unpaired) electrons. The first-order valence-corrected chi connectivity index (χ1v) is 5.22. The van der Waals surface area contributed by atoms with E-state index in [9.17, 15) is 10.2 Å². The minimum atomic E-state index is -1.14. The van der Waals surface area contributed by atoms with Gasteiger partial charge in [-0.15, -0.1) is 0 Å². The van der Waals surface area contributed by atoms with Crippen LogP contribution in [-0.2, 0) is 0 Å². The lowest BCUT2D eigenvalue weighted by atomic mass is 9.94. The van der Waals surface area contributed by atoms with Gasteiger partial charge in [-0.25, -0.2) is 0 Å². The van der Waals surface area contributed by atoms with Crippen LogP contribution in [0.25, 0.3) is 0 Å². The normalized spacial score (nSPS) is 33.4. The minimum absolute atomic E-state index is 0.271. The Balaban J connectivity index is 3.12.